The summed E-state index contributed by atoms with van der Waals surface area (Å²) in [5, 5.41) is 12.4. The Balaban J connectivity index is 3.04. The van der Waals surface area contributed by atoms with E-state index in [0.717, 1.165) is 6.42 Å². The Hall–Kier alpha value is -1.26. The molecule has 5 heteroatoms. The molecule has 0 spiro atoms. The van der Waals surface area contributed by atoms with Crippen LogP contribution in [0.1, 0.15) is 67.7 Å². The summed E-state index contributed by atoms with van der Waals surface area (Å²) in [7, 11) is 0. The first-order chi connectivity index (χ1) is 9.17. The third-order valence-electron chi connectivity index (χ3n) is 3.67. The Bertz CT molecular complexity index is 416. The number of carboxylic acids is 1. The van der Waals surface area contributed by atoms with Crippen molar-refractivity contribution in [1.29, 1.82) is 0 Å². The second kappa shape index (κ2) is 5.18. The number of hydrogen-bond donors (Lipinski definition) is 2. The van der Waals surface area contributed by atoms with Gasteiger partial charge < -0.3 is 15.2 Å². The smallest absolute Gasteiger partial charge is 0.408 e. The average Bonchev–Trinajstić information content (AvgIpc) is 2.06. The van der Waals surface area contributed by atoms with Crippen LogP contribution in [0.5, 0.6) is 0 Å². The van der Waals surface area contributed by atoms with Crippen molar-refractivity contribution >= 4 is 12.1 Å². The molecule has 1 amide bonds. The lowest BCUT2D eigenvalue weighted by atomic mass is 9.58. The molecule has 0 unspecified atom stereocenters. The maximum absolute atomic E-state index is 12.1. The second-order valence-electron chi connectivity index (χ2n) is 8.87. The van der Waals surface area contributed by atoms with Crippen molar-refractivity contribution in [2.45, 2.75) is 78.9 Å². The maximum atomic E-state index is 12.1. The third-order valence-corrected chi connectivity index (χ3v) is 3.67. The molecule has 1 aliphatic rings. The van der Waals surface area contributed by atoms with Crippen molar-refractivity contribution in [2.75, 3.05) is 0 Å². The average molecular weight is 299 g/mol. The highest BCUT2D eigenvalue weighted by atomic mass is 16.6. The van der Waals surface area contributed by atoms with Gasteiger partial charge in [0.1, 0.15) is 11.1 Å². The van der Waals surface area contributed by atoms with E-state index >= 15 is 0 Å². The summed E-state index contributed by atoms with van der Waals surface area (Å²) >= 11 is 0. The van der Waals surface area contributed by atoms with Crippen molar-refractivity contribution in [2.24, 2.45) is 10.8 Å². The molecule has 0 aromatic heterocycles. The molecule has 0 aliphatic heterocycles. The van der Waals surface area contributed by atoms with Gasteiger partial charge in [0.2, 0.25) is 0 Å². The Morgan fingerprint density at radius 2 is 1.43 bits per heavy atom. The molecule has 1 fully saturated rings. The number of hydrogen-bond acceptors (Lipinski definition) is 3. The molecule has 0 radical (unpaired) electrons. The van der Waals surface area contributed by atoms with Gasteiger partial charge in [-0.3, -0.25) is 0 Å². The summed E-state index contributed by atoms with van der Waals surface area (Å²) < 4.78 is 5.24. The topological polar surface area (TPSA) is 75.6 Å². The number of carbonyl (C=O) groups excluding carboxylic acids is 1. The van der Waals surface area contributed by atoms with Crippen LogP contribution in [0.2, 0.25) is 0 Å². The van der Waals surface area contributed by atoms with Crippen LogP contribution >= 0.6 is 0 Å². The number of carboxylic acid groups (broad SMARTS) is 1. The highest BCUT2D eigenvalue weighted by molar-refractivity contribution is 5.84. The predicted octanol–water partition coefficient (Wildman–Crippen LogP) is 3.57. The van der Waals surface area contributed by atoms with E-state index in [0.29, 0.717) is 12.8 Å². The highest BCUT2D eigenvalue weighted by Crippen LogP contribution is 2.50. The molecule has 1 rings (SSSR count). The van der Waals surface area contributed by atoms with Gasteiger partial charge in [0, 0.05) is 0 Å². The normalized spacial score (nSPS) is 23.2. The van der Waals surface area contributed by atoms with E-state index in [4.69, 9.17) is 4.74 Å². The Morgan fingerprint density at radius 3 is 1.76 bits per heavy atom. The zero-order chi connectivity index (χ0) is 16.7. The zero-order valence-corrected chi connectivity index (χ0v) is 14.3. The number of rotatable bonds is 2. The van der Waals surface area contributed by atoms with Gasteiger partial charge in [0.15, 0.2) is 0 Å². The fourth-order valence-corrected chi connectivity index (χ4v) is 3.91. The van der Waals surface area contributed by atoms with Crippen LogP contribution in [0.4, 0.5) is 4.79 Å². The van der Waals surface area contributed by atoms with Gasteiger partial charge in [-0.15, -0.1) is 0 Å². The van der Waals surface area contributed by atoms with Gasteiger partial charge in [-0.2, -0.15) is 0 Å². The van der Waals surface area contributed by atoms with Crippen molar-refractivity contribution < 1.29 is 19.4 Å². The van der Waals surface area contributed by atoms with E-state index in [1.807, 2.05) is 27.7 Å². The molecule has 0 aromatic rings. The SMILES string of the molecule is CC1(C)CC(C)(C)CC(NC(=O)OC(C)(C)C)(C(=O)O)C1. The first-order valence-electron chi connectivity index (χ1n) is 7.41. The van der Waals surface area contributed by atoms with E-state index in [1.54, 1.807) is 20.8 Å². The van der Waals surface area contributed by atoms with E-state index in [1.165, 1.54) is 0 Å². The van der Waals surface area contributed by atoms with Crippen LogP contribution in [0.3, 0.4) is 0 Å². The number of aliphatic carboxylic acids is 1. The van der Waals surface area contributed by atoms with E-state index in [-0.39, 0.29) is 10.8 Å². The molecule has 2 N–H and O–H groups in total. The lowest BCUT2D eigenvalue weighted by molar-refractivity contribution is -0.151. The standard InChI is InChI=1S/C16H29NO4/c1-13(2,3)21-12(20)17-16(11(18)19)9-14(4,5)8-15(6,7)10-16/h8-10H2,1-7H3,(H,17,20)(H,18,19). The Morgan fingerprint density at radius 1 is 1.00 bits per heavy atom. The Kier molecular flexibility index (Phi) is 4.39. The van der Waals surface area contributed by atoms with Crippen LogP contribution in [-0.4, -0.2) is 28.3 Å². The molecule has 0 saturated heterocycles. The quantitative estimate of drug-likeness (QED) is 0.817. The van der Waals surface area contributed by atoms with Crippen LogP contribution in [-0.2, 0) is 9.53 Å². The number of ether oxygens (including phenoxy) is 1. The molecule has 1 saturated carbocycles. The monoisotopic (exact) mass is 299 g/mol. The minimum absolute atomic E-state index is 0.158. The van der Waals surface area contributed by atoms with Gasteiger partial charge in [0.25, 0.3) is 0 Å². The van der Waals surface area contributed by atoms with Crippen molar-refractivity contribution in [1.82, 2.24) is 5.32 Å². The fraction of sp³-hybridized carbons (Fsp3) is 0.875. The predicted molar refractivity (Wildman–Crippen MR) is 81.1 cm³/mol. The number of alkyl carbamates (subject to hydrolysis) is 1. The summed E-state index contributed by atoms with van der Waals surface area (Å²) in [5.41, 5.74) is -2.23. The molecule has 0 bridgehead atoms. The lowest BCUT2D eigenvalue weighted by Crippen LogP contribution is -2.62. The molecular weight excluding hydrogens is 270 g/mol. The molecule has 0 atom stereocenters. The van der Waals surface area contributed by atoms with E-state index in [2.05, 4.69) is 5.32 Å². The number of carbonyl (C=O) groups is 2. The first kappa shape index (κ1) is 17.8. The molecule has 0 heterocycles. The van der Waals surface area contributed by atoms with E-state index in [9.17, 15) is 14.7 Å². The van der Waals surface area contributed by atoms with Crippen LogP contribution in [0, 0.1) is 10.8 Å². The first-order valence-corrected chi connectivity index (χ1v) is 7.41. The summed E-state index contributed by atoms with van der Waals surface area (Å²) in [6.07, 6.45) is 1.06. The summed E-state index contributed by atoms with van der Waals surface area (Å²) in [6.45, 7) is 13.5. The highest BCUT2D eigenvalue weighted by Gasteiger charge is 2.53. The summed E-state index contributed by atoms with van der Waals surface area (Å²) in [5.74, 6) is -0.991. The maximum Gasteiger partial charge on any atom is 0.408 e. The summed E-state index contributed by atoms with van der Waals surface area (Å²) in [6, 6.07) is 0. The molecule has 0 aromatic carbocycles. The lowest BCUT2D eigenvalue weighted by Gasteiger charge is -2.49. The van der Waals surface area contributed by atoms with Crippen molar-refractivity contribution in [3.63, 3.8) is 0 Å². The van der Waals surface area contributed by atoms with Gasteiger partial charge in [-0.05, 0) is 50.9 Å². The third kappa shape index (κ3) is 4.90. The molecule has 21 heavy (non-hydrogen) atoms. The van der Waals surface area contributed by atoms with E-state index < -0.39 is 23.2 Å². The van der Waals surface area contributed by atoms with Crippen LogP contribution in [0.15, 0.2) is 0 Å². The van der Waals surface area contributed by atoms with Crippen LogP contribution in [0.25, 0.3) is 0 Å². The van der Waals surface area contributed by atoms with Gasteiger partial charge >= 0.3 is 12.1 Å². The zero-order valence-electron chi connectivity index (χ0n) is 14.3. The van der Waals surface area contributed by atoms with Gasteiger partial charge in [-0.1, -0.05) is 27.7 Å². The largest absolute Gasteiger partial charge is 0.480 e. The fourth-order valence-electron chi connectivity index (χ4n) is 3.91. The van der Waals surface area contributed by atoms with Crippen LogP contribution < -0.4 is 5.32 Å². The van der Waals surface area contributed by atoms with Crippen molar-refractivity contribution in [3.05, 3.63) is 0 Å². The minimum Gasteiger partial charge on any atom is -0.480 e. The minimum atomic E-state index is -1.27. The number of nitrogens with one attached hydrogen (secondary N) is 1. The van der Waals surface area contributed by atoms with Gasteiger partial charge in [0.05, 0.1) is 0 Å². The van der Waals surface area contributed by atoms with Gasteiger partial charge in [-0.25, -0.2) is 9.59 Å². The van der Waals surface area contributed by atoms with Crippen molar-refractivity contribution in [3.8, 4) is 0 Å². The second-order valence-corrected chi connectivity index (χ2v) is 8.87. The Labute approximate surface area is 127 Å². The molecular formula is C16H29NO4. The summed E-state index contributed by atoms with van der Waals surface area (Å²) in [4.78, 5) is 23.9. The number of amides is 1. The molecule has 1 aliphatic carbocycles. The molecule has 122 valence electrons. The molecule has 5 nitrogen and oxygen atoms in total.